The number of hydrogen-bond acceptors (Lipinski definition) is 4. The van der Waals surface area contributed by atoms with Gasteiger partial charge in [-0.15, -0.1) is 0 Å². The second kappa shape index (κ2) is 6.80. The van der Waals surface area contributed by atoms with Crippen LogP contribution >= 0.6 is 0 Å². The number of aromatic nitrogens is 2. The first-order valence-corrected chi connectivity index (χ1v) is 9.21. The van der Waals surface area contributed by atoms with Gasteiger partial charge in [-0.05, 0) is 38.2 Å². The van der Waals surface area contributed by atoms with Crippen LogP contribution in [0, 0.1) is 6.92 Å². The van der Waals surface area contributed by atoms with Crippen LogP contribution in [0.2, 0.25) is 0 Å². The molecule has 0 aliphatic heterocycles. The third-order valence-corrected chi connectivity index (χ3v) is 4.99. The predicted molar refractivity (Wildman–Crippen MR) is 98.4 cm³/mol. The Morgan fingerprint density at radius 1 is 1.04 bits per heavy atom. The first-order valence-electron chi connectivity index (χ1n) is 9.21. The molecule has 2 aliphatic carbocycles. The highest BCUT2D eigenvalue weighted by Crippen LogP contribution is 2.40. The van der Waals surface area contributed by atoms with Crippen molar-refractivity contribution >= 4 is 11.8 Å². The fraction of sp³-hybridized carbons (Fsp3) is 0.500. The molecule has 0 unspecified atom stereocenters. The van der Waals surface area contributed by atoms with E-state index in [-0.39, 0.29) is 0 Å². The Bertz CT molecular complexity index is 703. The molecule has 2 fully saturated rings. The molecule has 4 nitrogen and oxygen atoms in total. The lowest BCUT2D eigenvalue weighted by atomic mass is 10.1. The Hall–Kier alpha value is -2.10. The van der Waals surface area contributed by atoms with Crippen LogP contribution in [0.15, 0.2) is 30.3 Å². The third-order valence-electron chi connectivity index (χ3n) is 4.99. The van der Waals surface area contributed by atoms with Gasteiger partial charge in [-0.3, -0.25) is 0 Å². The summed E-state index contributed by atoms with van der Waals surface area (Å²) < 4.78 is 0. The summed E-state index contributed by atoms with van der Waals surface area (Å²) >= 11 is 0. The SMILES string of the molecule is Cc1cccc(CNc2cc(C3CC3)nc(NC3CCCC3)n2)c1. The largest absolute Gasteiger partial charge is 0.366 e. The summed E-state index contributed by atoms with van der Waals surface area (Å²) in [5.74, 6) is 2.38. The van der Waals surface area contributed by atoms with Gasteiger partial charge in [-0.1, -0.05) is 42.7 Å². The minimum Gasteiger partial charge on any atom is -0.366 e. The standard InChI is InChI=1S/C20H26N4/c1-14-5-4-6-15(11-14)13-21-19-12-18(16-9-10-16)23-20(24-19)22-17-7-2-3-8-17/h4-6,11-12,16-17H,2-3,7-10,13H2,1H3,(H2,21,22,23,24). The van der Waals surface area contributed by atoms with E-state index < -0.39 is 0 Å². The van der Waals surface area contributed by atoms with Gasteiger partial charge in [-0.2, -0.15) is 4.98 Å². The van der Waals surface area contributed by atoms with Gasteiger partial charge in [0.15, 0.2) is 0 Å². The maximum absolute atomic E-state index is 4.77. The summed E-state index contributed by atoms with van der Waals surface area (Å²) in [5, 5.41) is 7.03. The minimum atomic E-state index is 0.545. The fourth-order valence-electron chi connectivity index (χ4n) is 3.48. The maximum Gasteiger partial charge on any atom is 0.225 e. The zero-order chi connectivity index (χ0) is 16.4. The second-order valence-corrected chi connectivity index (χ2v) is 7.24. The molecule has 0 bridgehead atoms. The molecule has 2 aliphatic rings. The van der Waals surface area contributed by atoms with E-state index in [2.05, 4.69) is 47.9 Å². The normalized spacial score (nSPS) is 17.9. The maximum atomic E-state index is 4.77. The Labute approximate surface area is 144 Å². The molecule has 4 heteroatoms. The van der Waals surface area contributed by atoms with Crippen LogP contribution < -0.4 is 10.6 Å². The summed E-state index contributed by atoms with van der Waals surface area (Å²) in [4.78, 5) is 9.48. The summed E-state index contributed by atoms with van der Waals surface area (Å²) in [6.45, 7) is 2.93. The van der Waals surface area contributed by atoms with Crippen LogP contribution in [-0.4, -0.2) is 16.0 Å². The number of benzene rings is 1. The molecule has 2 N–H and O–H groups in total. The van der Waals surface area contributed by atoms with Crippen LogP contribution in [0.1, 0.15) is 61.3 Å². The monoisotopic (exact) mass is 322 g/mol. The lowest BCUT2D eigenvalue weighted by Crippen LogP contribution is -2.17. The van der Waals surface area contributed by atoms with Crippen molar-refractivity contribution in [2.45, 2.75) is 64.0 Å². The van der Waals surface area contributed by atoms with E-state index in [1.54, 1.807) is 0 Å². The summed E-state index contributed by atoms with van der Waals surface area (Å²) in [5.41, 5.74) is 3.77. The molecule has 126 valence electrons. The van der Waals surface area contributed by atoms with Gasteiger partial charge in [-0.25, -0.2) is 4.98 Å². The van der Waals surface area contributed by atoms with E-state index in [0.29, 0.717) is 12.0 Å². The van der Waals surface area contributed by atoms with E-state index in [0.717, 1.165) is 18.3 Å². The van der Waals surface area contributed by atoms with E-state index in [1.807, 2.05) is 0 Å². The van der Waals surface area contributed by atoms with Gasteiger partial charge in [0.1, 0.15) is 5.82 Å². The van der Waals surface area contributed by atoms with Gasteiger partial charge < -0.3 is 10.6 Å². The predicted octanol–water partition coefficient (Wildman–Crippen LogP) is 4.63. The number of hydrogen-bond donors (Lipinski definition) is 2. The molecular formula is C20H26N4. The summed E-state index contributed by atoms with van der Waals surface area (Å²) in [6.07, 6.45) is 7.64. The average Bonchev–Trinajstić information content (AvgIpc) is 3.31. The van der Waals surface area contributed by atoms with Crippen molar-refractivity contribution in [1.82, 2.24) is 9.97 Å². The van der Waals surface area contributed by atoms with Crippen molar-refractivity contribution in [3.8, 4) is 0 Å². The van der Waals surface area contributed by atoms with E-state index in [1.165, 1.54) is 55.3 Å². The fourth-order valence-corrected chi connectivity index (χ4v) is 3.48. The third kappa shape index (κ3) is 3.86. The van der Waals surface area contributed by atoms with Crippen molar-refractivity contribution in [2.24, 2.45) is 0 Å². The van der Waals surface area contributed by atoms with Crippen LogP contribution in [0.4, 0.5) is 11.8 Å². The van der Waals surface area contributed by atoms with E-state index >= 15 is 0 Å². The second-order valence-electron chi connectivity index (χ2n) is 7.24. The Balaban J connectivity index is 1.49. The highest BCUT2D eigenvalue weighted by molar-refractivity contribution is 5.45. The molecule has 24 heavy (non-hydrogen) atoms. The smallest absolute Gasteiger partial charge is 0.225 e. The zero-order valence-electron chi connectivity index (χ0n) is 14.4. The Morgan fingerprint density at radius 3 is 2.62 bits per heavy atom. The molecule has 0 spiro atoms. The topological polar surface area (TPSA) is 49.8 Å². The number of nitrogens with zero attached hydrogens (tertiary/aromatic N) is 2. The molecule has 2 aromatic rings. The molecule has 2 saturated carbocycles. The van der Waals surface area contributed by atoms with Crippen molar-refractivity contribution < 1.29 is 0 Å². The molecule has 0 amide bonds. The number of anilines is 2. The quantitative estimate of drug-likeness (QED) is 0.814. The van der Waals surface area contributed by atoms with Crippen LogP contribution in [0.25, 0.3) is 0 Å². The average molecular weight is 322 g/mol. The van der Waals surface area contributed by atoms with Gasteiger partial charge in [0.25, 0.3) is 0 Å². The number of aryl methyl sites for hydroxylation is 1. The van der Waals surface area contributed by atoms with Crippen LogP contribution in [0.5, 0.6) is 0 Å². The molecule has 4 rings (SSSR count). The Morgan fingerprint density at radius 2 is 1.88 bits per heavy atom. The highest BCUT2D eigenvalue weighted by Gasteiger charge is 2.26. The van der Waals surface area contributed by atoms with Crippen molar-refractivity contribution in [2.75, 3.05) is 10.6 Å². The van der Waals surface area contributed by atoms with Crippen molar-refractivity contribution in [3.05, 3.63) is 47.2 Å². The molecule has 0 atom stereocenters. The Kier molecular flexibility index (Phi) is 4.37. The summed E-state index contributed by atoms with van der Waals surface area (Å²) in [6, 6.07) is 11.3. The molecule has 1 aromatic carbocycles. The van der Waals surface area contributed by atoms with Crippen LogP contribution in [0.3, 0.4) is 0 Å². The summed E-state index contributed by atoms with van der Waals surface area (Å²) in [7, 11) is 0. The van der Waals surface area contributed by atoms with E-state index in [4.69, 9.17) is 9.97 Å². The molecule has 1 aromatic heterocycles. The molecule has 0 radical (unpaired) electrons. The van der Waals surface area contributed by atoms with Gasteiger partial charge in [0.05, 0.1) is 5.69 Å². The minimum absolute atomic E-state index is 0.545. The number of rotatable bonds is 6. The van der Waals surface area contributed by atoms with E-state index in [9.17, 15) is 0 Å². The lowest BCUT2D eigenvalue weighted by molar-refractivity contribution is 0.741. The van der Waals surface area contributed by atoms with Crippen molar-refractivity contribution in [3.63, 3.8) is 0 Å². The van der Waals surface area contributed by atoms with Crippen LogP contribution in [-0.2, 0) is 6.54 Å². The first-order chi connectivity index (χ1) is 11.8. The zero-order valence-corrected chi connectivity index (χ0v) is 14.4. The molecular weight excluding hydrogens is 296 g/mol. The molecule has 0 saturated heterocycles. The highest BCUT2D eigenvalue weighted by atomic mass is 15.2. The lowest BCUT2D eigenvalue weighted by Gasteiger charge is -2.15. The van der Waals surface area contributed by atoms with Gasteiger partial charge in [0.2, 0.25) is 5.95 Å². The van der Waals surface area contributed by atoms with Gasteiger partial charge >= 0.3 is 0 Å². The number of nitrogens with one attached hydrogen (secondary N) is 2. The molecule has 1 heterocycles. The van der Waals surface area contributed by atoms with Crippen molar-refractivity contribution in [1.29, 1.82) is 0 Å². The van der Waals surface area contributed by atoms with Gasteiger partial charge in [0, 0.05) is 24.6 Å². The first kappa shape index (κ1) is 15.4.